The first kappa shape index (κ1) is 19.8. The van der Waals surface area contributed by atoms with Gasteiger partial charge in [-0.2, -0.15) is 0 Å². The lowest BCUT2D eigenvalue weighted by Crippen LogP contribution is -2.52. The van der Waals surface area contributed by atoms with Crippen LogP contribution in [0, 0.1) is 6.92 Å². The molecule has 1 aromatic heterocycles. The molecule has 0 radical (unpaired) electrons. The Hall–Kier alpha value is -3.47. The van der Waals surface area contributed by atoms with E-state index in [4.69, 9.17) is 0 Å². The van der Waals surface area contributed by atoms with Crippen molar-refractivity contribution < 1.29 is 9.59 Å². The SMILES string of the molecule is Cc1cccc(-c2ccc(C3CN(C(=O)CN(C)C(=O)c4cccnc4)C3)cc2)c1. The first-order chi connectivity index (χ1) is 14.5. The number of pyridine rings is 1. The van der Waals surface area contributed by atoms with Crippen molar-refractivity contribution in [3.8, 4) is 11.1 Å². The van der Waals surface area contributed by atoms with Crippen molar-refractivity contribution in [3.63, 3.8) is 0 Å². The Bertz CT molecular complexity index is 1040. The topological polar surface area (TPSA) is 53.5 Å². The van der Waals surface area contributed by atoms with Crippen LogP contribution in [-0.4, -0.2) is 53.3 Å². The fourth-order valence-corrected chi connectivity index (χ4v) is 3.75. The summed E-state index contributed by atoms with van der Waals surface area (Å²) in [4.78, 5) is 32.1. The fourth-order valence-electron chi connectivity index (χ4n) is 3.75. The third kappa shape index (κ3) is 4.25. The number of benzene rings is 2. The second kappa shape index (κ2) is 8.49. The van der Waals surface area contributed by atoms with Crippen LogP contribution in [0.15, 0.2) is 73.1 Å². The third-order valence-electron chi connectivity index (χ3n) is 5.60. The van der Waals surface area contributed by atoms with E-state index in [0.29, 0.717) is 24.6 Å². The van der Waals surface area contributed by atoms with Crippen LogP contribution in [0.5, 0.6) is 0 Å². The summed E-state index contributed by atoms with van der Waals surface area (Å²) < 4.78 is 0. The number of nitrogens with zero attached hydrogens (tertiary/aromatic N) is 3. The van der Waals surface area contributed by atoms with Gasteiger partial charge in [-0.1, -0.05) is 54.1 Å². The molecular formula is C25H25N3O2. The van der Waals surface area contributed by atoms with Crippen molar-refractivity contribution >= 4 is 11.8 Å². The Balaban J connectivity index is 1.31. The summed E-state index contributed by atoms with van der Waals surface area (Å²) in [6, 6.07) is 20.5. The number of amides is 2. The van der Waals surface area contributed by atoms with Crippen LogP contribution in [0.1, 0.15) is 27.4 Å². The van der Waals surface area contributed by atoms with E-state index >= 15 is 0 Å². The summed E-state index contributed by atoms with van der Waals surface area (Å²) in [6.07, 6.45) is 3.14. The molecule has 0 unspecified atom stereocenters. The zero-order valence-electron chi connectivity index (χ0n) is 17.3. The minimum absolute atomic E-state index is 0.0256. The zero-order chi connectivity index (χ0) is 21.1. The maximum Gasteiger partial charge on any atom is 0.255 e. The number of likely N-dealkylation sites (tertiary alicyclic amines) is 1. The van der Waals surface area contributed by atoms with Gasteiger partial charge in [0.05, 0.1) is 12.1 Å². The smallest absolute Gasteiger partial charge is 0.255 e. The molecule has 1 saturated heterocycles. The van der Waals surface area contributed by atoms with Crippen molar-refractivity contribution in [2.24, 2.45) is 0 Å². The Labute approximate surface area is 177 Å². The van der Waals surface area contributed by atoms with Gasteiger partial charge in [-0.15, -0.1) is 0 Å². The molecule has 5 nitrogen and oxygen atoms in total. The lowest BCUT2D eigenvalue weighted by Gasteiger charge is -2.40. The van der Waals surface area contributed by atoms with E-state index in [2.05, 4.69) is 60.4 Å². The highest BCUT2D eigenvalue weighted by atomic mass is 16.2. The summed E-state index contributed by atoms with van der Waals surface area (Å²) in [6.45, 7) is 3.56. The van der Waals surface area contributed by atoms with E-state index in [1.807, 2.05) is 4.90 Å². The first-order valence-corrected chi connectivity index (χ1v) is 10.1. The third-order valence-corrected chi connectivity index (χ3v) is 5.60. The second-order valence-electron chi connectivity index (χ2n) is 7.89. The molecule has 152 valence electrons. The molecule has 2 heterocycles. The summed E-state index contributed by atoms with van der Waals surface area (Å²) >= 11 is 0. The molecule has 1 aliphatic rings. The number of aryl methyl sites for hydroxylation is 1. The minimum Gasteiger partial charge on any atom is -0.340 e. The lowest BCUT2D eigenvalue weighted by molar-refractivity contribution is -0.136. The van der Waals surface area contributed by atoms with E-state index in [1.165, 1.54) is 33.4 Å². The number of hydrogen-bond acceptors (Lipinski definition) is 3. The molecule has 1 aliphatic heterocycles. The van der Waals surface area contributed by atoms with E-state index in [0.717, 1.165) is 0 Å². The van der Waals surface area contributed by atoms with E-state index in [9.17, 15) is 9.59 Å². The van der Waals surface area contributed by atoms with Gasteiger partial charge in [0.15, 0.2) is 0 Å². The summed E-state index contributed by atoms with van der Waals surface area (Å²) in [5.41, 5.74) is 5.40. The van der Waals surface area contributed by atoms with Crippen LogP contribution in [-0.2, 0) is 4.79 Å². The number of likely N-dealkylation sites (N-methyl/N-ethyl adjacent to an activating group) is 1. The van der Waals surface area contributed by atoms with Crippen molar-refractivity contribution in [1.29, 1.82) is 0 Å². The number of carbonyl (C=O) groups excluding carboxylic acids is 2. The predicted molar refractivity (Wildman–Crippen MR) is 117 cm³/mol. The Kier molecular flexibility index (Phi) is 5.61. The van der Waals surface area contributed by atoms with Crippen molar-refractivity contribution in [2.75, 3.05) is 26.7 Å². The highest BCUT2D eigenvalue weighted by Crippen LogP contribution is 2.29. The molecule has 30 heavy (non-hydrogen) atoms. The molecule has 0 saturated carbocycles. The van der Waals surface area contributed by atoms with Gasteiger partial charge in [0, 0.05) is 38.4 Å². The van der Waals surface area contributed by atoms with E-state index < -0.39 is 0 Å². The predicted octanol–water partition coefficient (Wildman–Crippen LogP) is 3.76. The molecule has 0 N–H and O–H groups in total. The van der Waals surface area contributed by atoms with Crippen LogP contribution >= 0.6 is 0 Å². The van der Waals surface area contributed by atoms with Gasteiger partial charge in [0.25, 0.3) is 5.91 Å². The highest BCUT2D eigenvalue weighted by molar-refractivity contribution is 5.96. The van der Waals surface area contributed by atoms with Crippen LogP contribution in [0.2, 0.25) is 0 Å². The normalized spacial score (nSPS) is 13.6. The molecule has 0 bridgehead atoms. The first-order valence-electron chi connectivity index (χ1n) is 10.1. The van der Waals surface area contributed by atoms with Crippen LogP contribution < -0.4 is 0 Å². The summed E-state index contributed by atoms with van der Waals surface area (Å²) in [7, 11) is 1.65. The van der Waals surface area contributed by atoms with E-state index in [-0.39, 0.29) is 18.4 Å². The molecule has 2 aromatic carbocycles. The summed E-state index contributed by atoms with van der Waals surface area (Å²) in [5, 5.41) is 0. The quantitative estimate of drug-likeness (QED) is 0.657. The largest absolute Gasteiger partial charge is 0.340 e. The number of hydrogen-bond donors (Lipinski definition) is 0. The molecule has 0 spiro atoms. The highest BCUT2D eigenvalue weighted by Gasteiger charge is 2.32. The van der Waals surface area contributed by atoms with Crippen LogP contribution in [0.4, 0.5) is 0 Å². The molecule has 5 heteroatoms. The maximum absolute atomic E-state index is 12.5. The number of carbonyl (C=O) groups is 2. The van der Waals surface area contributed by atoms with Gasteiger partial charge in [0.1, 0.15) is 0 Å². The minimum atomic E-state index is -0.194. The molecule has 0 atom stereocenters. The van der Waals surface area contributed by atoms with Gasteiger partial charge < -0.3 is 9.80 Å². The average molecular weight is 399 g/mol. The standard InChI is InChI=1S/C25H25N3O2/c1-18-5-3-6-21(13-18)19-8-10-20(11-9-19)23-15-28(16-23)24(29)17-27(2)25(30)22-7-4-12-26-14-22/h3-14,23H,15-17H2,1-2H3. The van der Waals surface area contributed by atoms with Gasteiger partial charge in [-0.05, 0) is 35.7 Å². The lowest BCUT2D eigenvalue weighted by atomic mass is 9.90. The Morgan fingerprint density at radius 3 is 2.47 bits per heavy atom. The second-order valence-corrected chi connectivity index (χ2v) is 7.89. The molecule has 3 aromatic rings. The molecule has 2 amide bonds. The molecule has 0 aliphatic carbocycles. The maximum atomic E-state index is 12.5. The van der Waals surface area contributed by atoms with Gasteiger partial charge in [0.2, 0.25) is 5.91 Å². The summed E-state index contributed by atoms with van der Waals surface area (Å²) in [5.74, 6) is 0.127. The Morgan fingerprint density at radius 2 is 1.80 bits per heavy atom. The molecule has 4 rings (SSSR count). The number of aromatic nitrogens is 1. The molecule has 1 fully saturated rings. The van der Waals surface area contributed by atoms with Crippen molar-refractivity contribution in [3.05, 3.63) is 89.7 Å². The van der Waals surface area contributed by atoms with Crippen LogP contribution in [0.3, 0.4) is 0 Å². The Morgan fingerprint density at radius 1 is 1.03 bits per heavy atom. The zero-order valence-corrected chi connectivity index (χ0v) is 17.3. The monoisotopic (exact) mass is 399 g/mol. The fraction of sp³-hybridized carbons (Fsp3) is 0.240. The van der Waals surface area contributed by atoms with Gasteiger partial charge in [-0.25, -0.2) is 0 Å². The van der Waals surface area contributed by atoms with Crippen LogP contribution in [0.25, 0.3) is 11.1 Å². The number of rotatable bonds is 5. The average Bonchev–Trinajstić information content (AvgIpc) is 2.73. The van der Waals surface area contributed by atoms with Crippen molar-refractivity contribution in [1.82, 2.24) is 14.8 Å². The van der Waals surface area contributed by atoms with E-state index in [1.54, 1.807) is 25.4 Å². The van der Waals surface area contributed by atoms with Gasteiger partial charge >= 0.3 is 0 Å². The van der Waals surface area contributed by atoms with Gasteiger partial charge in [-0.3, -0.25) is 14.6 Å². The van der Waals surface area contributed by atoms with Crippen molar-refractivity contribution in [2.45, 2.75) is 12.8 Å². The molecular weight excluding hydrogens is 374 g/mol.